The first kappa shape index (κ1) is 14.3. The van der Waals surface area contributed by atoms with Crippen molar-refractivity contribution in [3.8, 4) is 11.5 Å². The van der Waals surface area contributed by atoms with E-state index in [0.29, 0.717) is 11.5 Å². The second-order valence-corrected chi connectivity index (χ2v) is 3.83. The minimum absolute atomic E-state index is 0.0429. The van der Waals surface area contributed by atoms with E-state index in [4.69, 9.17) is 9.31 Å². The second-order valence-electron chi connectivity index (χ2n) is 3.83. The predicted octanol–water partition coefficient (Wildman–Crippen LogP) is 2.50. The summed E-state index contributed by atoms with van der Waals surface area (Å²) in [6, 6.07) is 10.9. The van der Waals surface area contributed by atoms with Crippen LogP contribution in [0.2, 0.25) is 0 Å². The highest BCUT2D eigenvalue weighted by Gasteiger charge is 2.08. The van der Waals surface area contributed by atoms with E-state index in [-0.39, 0.29) is 11.4 Å². The average Bonchev–Trinajstić information content (AvgIpc) is 2.48. The Bertz CT molecular complexity index is 586. The molecule has 0 aliphatic rings. The SMILES string of the molecule is O=[N+]([O-])c1ccc(O[B]Oc2ccc([N+](=O)[O-])cc2)cc1. The van der Waals surface area contributed by atoms with Gasteiger partial charge in [0.1, 0.15) is 11.5 Å². The fourth-order valence-corrected chi connectivity index (χ4v) is 1.43. The molecule has 8 nitrogen and oxygen atoms in total. The van der Waals surface area contributed by atoms with Crippen LogP contribution >= 0.6 is 0 Å². The van der Waals surface area contributed by atoms with Crippen LogP contribution in [-0.2, 0) is 0 Å². The predicted molar refractivity (Wildman–Crippen MR) is 73.2 cm³/mol. The molecule has 0 fully saturated rings. The van der Waals surface area contributed by atoms with Gasteiger partial charge in [-0.2, -0.15) is 0 Å². The van der Waals surface area contributed by atoms with Crippen molar-refractivity contribution in [3.05, 3.63) is 68.8 Å². The first-order valence-electron chi connectivity index (χ1n) is 5.70. The second kappa shape index (κ2) is 6.37. The van der Waals surface area contributed by atoms with E-state index in [9.17, 15) is 20.2 Å². The van der Waals surface area contributed by atoms with Crippen LogP contribution in [0.15, 0.2) is 48.5 Å². The summed E-state index contributed by atoms with van der Waals surface area (Å²) in [7, 11) is 1.03. The lowest BCUT2D eigenvalue weighted by Gasteiger charge is -2.05. The van der Waals surface area contributed by atoms with Crippen molar-refractivity contribution in [1.82, 2.24) is 0 Å². The van der Waals surface area contributed by atoms with Gasteiger partial charge in [0, 0.05) is 24.3 Å². The highest BCUT2D eigenvalue weighted by molar-refractivity contribution is 6.20. The molecule has 0 saturated heterocycles. The molecule has 0 N–H and O–H groups in total. The van der Waals surface area contributed by atoms with Gasteiger partial charge in [0.2, 0.25) is 0 Å². The number of rotatable bonds is 6. The molecular weight excluding hydrogens is 279 g/mol. The van der Waals surface area contributed by atoms with Crippen molar-refractivity contribution >= 4 is 19.1 Å². The Hall–Kier alpha value is -3.10. The monoisotopic (exact) mass is 287 g/mol. The van der Waals surface area contributed by atoms with Gasteiger partial charge in [-0.15, -0.1) is 0 Å². The molecule has 0 aliphatic carbocycles. The minimum atomic E-state index is -0.513. The van der Waals surface area contributed by atoms with Crippen molar-refractivity contribution in [1.29, 1.82) is 0 Å². The molecule has 0 amide bonds. The lowest BCUT2D eigenvalue weighted by Crippen LogP contribution is -2.10. The molecule has 0 saturated carbocycles. The van der Waals surface area contributed by atoms with Crippen LogP contribution in [0.25, 0.3) is 0 Å². The van der Waals surface area contributed by atoms with Crippen molar-refractivity contribution in [2.45, 2.75) is 0 Å². The normalized spacial score (nSPS) is 9.71. The summed E-state index contributed by atoms with van der Waals surface area (Å²) in [6.07, 6.45) is 0. The van der Waals surface area contributed by atoms with Crippen molar-refractivity contribution in [2.75, 3.05) is 0 Å². The van der Waals surface area contributed by atoms with Gasteiger partial charge >= 0.3 is 7.69 Å². The van der Waals surface area contributed by atoms with E-state index in [1.54, 1.807) is 0 Å². The molecule has 0 bridgehead atoms. The number of hydrogen-bond donors (Lipinski definition) is 0. The van der Waals surface area contributed by atoms with Gasteiger partial charge in [-0.1, -0.05) is 0 Å². The maximum Gasteiger partial charge on any atom is 0.658 e. The zero-order chi connectivity index (χ0) is 15.2. The maximum atomic E-state index is 10.5. The Labute approximate surface area is 119 Å². The van der Waals surface area contributed by atoms with Gasteiger partial charge in [-0.05, 0) is 24.3 Å². The molecule has 0 unspecified atom stereocenters. The molecule has 1 radical (unpaired) electrons. The van der Waals surface area contributed by atoms with Crippen LogP contribution in [0.5, 0.6) is 11.5 Å². The van der Waals surface area contributed by atoms with Crippen LogP contribution < -0.4 is 9.31 Å². The van der Waals surface area contributed by atoms with Crippen LogP contribution in [0.3, 0.4) is 0 Å². The van der Waals surface area contributed by atoms with Crippen LogP contribution in [-0.4, -0.2) is 17.5 Å². The molecule has 0 aromatic heterocycles. The first-order chi connectivity index (χ1) is 10.1. The van der Waals surface area contributed by atoms with E-state index in [0.717, 1.165) is 7.69 Å². The average molecular weight is 287 g/mol. The third kappa shape index (κ3) is 3.93. The van der Waals surface area contributed by atoms with E-state index >= 15 is 0 Å². The number of hydrogen-bond acceptors (Lipinski definition) is 6. The maximum absolute atomic E-state index is 10.5. The first-order valence-corrected chi connectivity index (χ1v) is 5.70. The fourth-order valence-electron chi connectivity index (χ4n) is 1.43. The summed E-state index contributed by atoms with van der Waals surface area (Å²) in [5.41, 5.74) is -0.0859. The van der Waals surface area contributed by atoms with Crippen molar-refractivity contribution in [3.63, 3.8) is 0 Å². The molecule has 2 rings (SSSR count). The highest BCUT2D eigenvalue weighted by atomic mass is 16.6. The Balaban J connectivity index is 1.86. The number of nitro groups is 2. The van der Waals surface area contributed by atoms with Crippen LogP contribution in [0.1, 0.15) is 0 Å². The van der Waals surface area contributed by atoms with E-state index in [1.165, 1.54) is 48.5 Å². The Morgan fingerprint density at radius 1 is 0.714 bits per heavy atom. The lowest BCUT2D eigenvalue weighted by atomic mass is 10.2. The van der Waals surface area contributed by atoms with Crippen LogP contribution in [0, 0.1) is 20.2 Å². The molecule has 105 valence electrons. The molecule has 0 heterocycles. The molecule has 0 atom stereocenters. The molecule has 9 heteroatoms. The van der Waals surface area contributed by atoms with Gasteiger partial charge < -0.3 is 9.31 Å². The number of nitrogens with zero attached hydrogens (tertiary/aromatic N) is 2. The van der Waals surface area contributed by atoms with Gasteiger partial charge in [0.15, 0.2) is 0 Å². The lowest BCUT2D eigenvalue weighted by molar-refractivity contribution is -0.385. The molecule has 0 spiro atoms. The van der Waals surface area contributed by atoms with Gasteiger partial charge in [0.25, 0.3) is 11.4 Å². The van der Waals surface area contributed by atoms with Gasteiger partial charge in [-0.3, -0.25) is 20.2 Å². The Kier molecular flexibility index (Phi) is 4.34. The molecule has 2 aromatic carbocycles. The third-order valence-electron chi connectivity index (χ3n) is 2.46. The summed E-state index contributed by atoms with van der Waals surface area (Å²) in [5.74, 6) is 0.727. The molecule has 0 aliphatic heterocycles. The minimum Gasteiger partial charge on any atom is -0.526 e. The zero-order valence-electron chi connectivity index (χ0n) is 10.5. The molecular formula is C12H8BN2O6. The topological polar surface area (TPSA) is 105 Å². The third-order valence-corrected chi connectivity index (χ3v) is 2.46. The quantitative estimate of drug-likeness (QED) is 0.459. The smallest absolute Gasteiger partial charge is 0.526 e. The Morgan fingerprint density at radius 3 is 1.33 bits per heavy atom. The summed E-state index contributed by atoms with van der Waals surface area (Å²) in [6.45, 7) is 0. The largest absolute Gasteiger partial charge is 0.658 e. The van der Waals surface area contributed by atoms with Crippen LogP contribution in [0.4, 0.5) is 11.4 Å². The van der Waals surface area contributed by atoms with Gasteiger partial charge in [-0.25, -0.2) is 0 Å². The van der Waals surface area contributed by atoms with Crippen molar-refractivity contribution < 1.29 is 19.2 Å². The highest BCUT2D eigenvalue weighted by Crippen LogP contribution is 2.19. The van der Waals surface area contributed by atoms with E-state index < -0.39 is 9.85 Å². The number of benzene rings is 2. The van der Waals surface area contributed by atoms with E-state index in [1.807, 2.05) is 0 Å². The number of non-ortho nitro benzene ring substituents is 2. The standard InChI is InChI=1S/C12H8BN2O6/c16-14(17)9-1-5-11(6-2-9)20-13-21-12-7-3-10(4-8-12)15(18)19/h1-8H. The number of nitro benzene ring substituents is 2. The summed E-state index contributed by atoms with van der Waals surface area (Å²) >= 11 is 0. The summed E-state index contributed by atoms with van der Waals surface area (Å²) in [4.78, 5) is 19.9. The summed E-state index contributed by atoms with van der Waals surface area (Å²) < 4.78 is 10.2. The fraction of sp³-hybridized carbons (Fsp3) is 0. The Morgan fingerprint density at radius 2 is 1.05 bits per heavy atom. The van der Waals surface area contributed by atoms with Gasteiger partial charge in [0.05, 0.1) is 9.85 Å². The molecule has 2 aromatic rings. The summed E-state index contributed by atoms with van der Waals surface area (Å²) in [5, 5.41) is 20.9. The zero-order valence-corrected chi connectivity index (χ0v) is 10.5. The molecule has 21 heavy (non-hydrogen) atoms. The van der Waals surface area contributed by atoms with E-state index in [2.05, 4.69) is 0 Å². The van der Waals surface area contributed by atoms with Crippen molar-refractivity contribution in [2.24, 2.45) is 0 Å².